The van der Waals surface area contributed by atoms with Crippen molar-refractivity contribution in [1.82, 2.24) is 4.90 Å². The Balaban J connectivity index is 1.75. The summed E-state index contributed by atoms with van der Waals surface area (Å²) in [5, 5.41) is 11.3. The Morgan fingerprint density at radius 1 is 1.07 bits per heavy atom. The van der Waals surface area contributed by atoms with E-state index in [9.17, 15) is 23.1 Å². The summed E-state index contributed by atoms with van der Waals surface area (Å²) in [6, 6.07) is 16.3. The molecule has 1 aliphatic rings. The number of nitrogens with zero attached hydrogens (tertiary/aromatic N) is 1. The molecule has 0 aliphatic carbocycles. The first-order chi connectivity index (χ1) is 13.7. The first kappa shape index (κ1) is 21.0. The fourth-order valence-corrected chi connectivity index (χ4v) is 5.15. The average molecular weight is 417 g/mol. The average Bonchev–Trinajstić information content (AvgIpc) is 3.11. The molecule has 2 aromatic rings. The minimum atomic E-state index is -3.14. The van der Waals surface area contributed by atoms with Crippen LogP contribution in [0.25, 0.3) is 0 Å². The van der Waals surface area contributed by atoms with Crippen LogP contribution in [-0.4, -0.2) is 61.5 Å². The van der Waals surface area contributed by atoms with Crippen molar-refractivity contribution in [3.8, 4) is 0 Å². The summed E-state index contributed by atoms with van der Waals surface area (Å²) in [5.41, 5.74) is -1.43. The lowest BCUT2D eigenvalue weighted by Crippen LogP contribution is -2.43. The predicted octanol–water partition coefficient (Wildman–Crippen LogP) is 1.11. The highest BCUT2D eigenvalue weighted by molar-refractivity contribution is 7.91. The number of hydrogen-bond acceptors (Lipinski definition) is 6. The maximum Gasteiger partial charge on any atom is 0.348 e. The molecule has 0 saturated carbocycles. The number of ether oxygens (including phenoxy) is 1. The minimum absolute atomic E-state index is 0.0385. The van der Waals surface area contributed by atoms with E-state index < -0.39 is 40.0 Å². The quantitative estimate of drug-likeness (QED) is 0.707. The van der Waals surface area contributed by atoms with E-state index in [2.05, 4.69) is 0 Å². The number of likely N-dealkylation sites (N-methyl/N-ethyl adjacent to an activating group) is 1. The van der Waals surface area contributed by atoms with E-state index in [0.717, 1.165) is 0 Å². The first-order valence-electron chi connectivity index (χ1n) is 9.21. The minimum Gasteiger partial charge on any atom is -0.453 e. The van der Waals surface area contributed by atoms with Crippen LogP contribution in [0.2, 0.25) is 0 Å². The Morgan fingerprint density at radius 2 is 1.59 bits per heavy atom. The van der Waals surface area contributed by atoms with Crippen LogP contribution in [0.1, 0.15) is 17.5 Å². The number of esters is 1. The summed E-state index contributed by atoms with van der Waals surface area (Å²) in [4.78, 5) is 26.6. The summed E-state index contributed by atoms with van der Waals surface area (Å²) in [7, 11) is -1.65. The van der Waals surface area contributed by atoms with Crippen molar-refractivity contribution in [2.24, 2.45) is 0 Å². The number of amides is 1. The van der Waals surface area contributed by atoms with Crippen LogP contribution in [-0.2, 0) is 29.8 Å². The topological polar surface area (TPSA) is 101 Å². The fourth-order valence-electron chi connectivity index (χ4n) is 3.38. The summed E-state index contributed by atoms with van der Waals surface area (Å²) < 4.78 is 28.4. The van der Waals surface area contributed by atoms with Crippen LogP contribution in [0.15, 0.2) is 60.7 Å². The molecule has 29 heavy (non-hydrogen) atoms. The fraction of sp³-hybridized carbons (Fsp3) is 0.333. The molecule has 0 bridgehead atoms. The van der Waals surface area contributed by atoms with Crippen LogP contribution in [0.5, 0.6) is 0 Å². The Bertz CT molecular complexity index is 935. The van der Waals surface area contributed by atoms with Crippen LogP contribution < -0.4 is 0 Å². The van der Waals surface area contributed by atoms with Crippen molar-refractivity contribution in [2.75, 3.05) is 25.2 Å². The summed E-state index contributed by atoms with van der Waals surface area (Å²) in [6.07, 6.45) is 0.358. The number of carbonyl (C=O) groups excluding carboxylic acids is 2. The van der Waals surface area contributed by atoms with E-state index in [0.29, 0.717) is 17.5 Å². The lowest BCUT2D eigenvalue weighted by molar-refractivity contribution is -0.166. The standard InChI is InChI=1S/C21H23NO6S/c1-22(18-12-13-29(26,27)15-18)19(23)14-28-20(24)21(25,16-8-4-2-5-9-16)17-10-6-3-7-11-17/h2-11,18,25H,12-15H2,1H3/t18-/m0/s1. The molecular weight excluding hydrogens is 394 g/mol. The van der Waals surface area contributed by atoms with E-state index in [1.807, 2.05) is 0 Å². The zero-order valence-electron chi connectivity index (χ0n) is 16.0. The zero-order valence-corrected chi connectivity index (χ0v) is 16.8. The van der Waals surface area contributed by atoms with Gasteiger partial charge in [0.1, 0.15) is 0 Å². The lowest BCUT2D eigenvalue weighted by atomic mass is 9.86. The molecule has 1 atom stereocenters. The van der Waals surface area contributed by atoms with Gasteiger partial charge in [-0.2, -0.15) is 0 Å². The molecule has 1 fully saturated rings. The Hall–Kier alpha value is -2.71. The van der Waals surface area contributed by atoms with Gasteiger partial charge in [-0.1, -0.05) is 60.7 Å². The molecule has 1 aliphatic heterocycles. The van der Waals surface area contributed by atoms with Gasteiger partial charge in [0, 0.05) is 13.1 Å². The molecule has 2 aromatic carbocycles. The Labute approximate surface area is 169 Å². The van der Waals surface area contributed by atoms with Gasteiger partial charge in [-0.15, -0.1) is 0 Å². The Kier molecular flexibility index (Phi) is 6.04. The molecule has 1 amide bonds. The number of benzene rings is 2. The molecule has 0 spiro atoms. The molecule has 0 radical (unpaired) electrons. The molecule has 154 valence electrons. The lowest BCUT2D eigenvalue weighted by Gasteiger charge is -2.28. The number of hydrogen-bond donors (Lipinski definition) is 1. The van der Waals surface area contributed by atoms with Gasteiger partial charge in [0.15, 0.2) is 16.4 Å². The van der Waals surface area contributed by atoms with Gasteiger partial charge in [0.05, 0.1) is 11.5 Å². The second-order valence-corrected chi connectivity index (χ2v) is 9.31. The summed E-state index contributed by atoms with van der Waals surface area (Å²) in [6.45, 7) is -0.589. The molecule has 8 heteroatoms. The third kappa shape index (κ3) is 4.49. The van der Waals surface area contributed by atoms with Crippen LogP contribution in [0.3, 0.4) is 0 Å². The van der Waals surface area contributed by atoms with Crippen LogP contribution >= 0.6 is 0 Å². The number of sulfone groups is 1. The Morgan fingerprint density at radius 3 is 2.03 bits per heavy atom. The predicted molar refractivity (Wildman–Crippen MR) is 107 cm³/mol. The molecule has 1 N–H and O–H groups in total. The summed E-state index contributed by atoms with van der Waals surface area (Å²) >= 11 is 0. The second-order valence-electron chi connectivity index (χ2n) is 7.08. The van der Waals surface area contributed by atoms with Crippen LogP contribution in [0.4, 0.5) is 0 Å². The SMILES string of the molecule is CN(C(=O)COC(=O)C(O)(c1ccccc1)c1ccccc1)[C@H]1CCS(=O)(=O)C1. The largest absolute Gasteiger partial charge is 0.453 e. The molecule has 7 nitrogen and oxygen atoms in total. The third-order valence-corrected chi connectivity index (χ3v) is 6.91. The molecule has 3 rings (SSSR count). The first-order valence-corrected chi connectivity index (χ1v) is 11.0. The van der Waals surface area contributed by atoms with Crippen molar-refractivity contribution in [3.63, 3.8) is 0 Å². The van der Waals surface area contributed by atoms with Gasteiger partial charge in [0.2, 0.25) is 5.60 Å². The van der Waals surface area contributed by atoms with E-state index in [4.69, 9.17) is 4.74 Å². The van der Waals surface area contributed by atoms with E-state index >= 15 is 0 Å². The molecular formula is C21H23NO6S. The van der Waals surface area contributed by atoms with Gasteiger partial charge in [0.25, 0.3) is 5.91 Å². The van der Waals surface area contributed by atoms with Gasteiger partial charge < -0.3 is 14.7 Å². The smallest absolute Gasteiger partial charge is 0.348 e. The van der Waals surface area contributed by atoms with E-state index in [1.165, 1.54) is 11.9 Å². The van der Waals surface area contributed by atoms with Crippen LogP contribution in [0, 0.1) is 0 Å². The van der Waals surface area contributed by atoms with Crippen molar-refractivity contribution in [3.05, 3.63) is 71.8 Å². The van der Waals surface area contributed by atoms with Crippen molar-refractivity contribution in [1.29, 1.82) is 0 Å². The van der Waals surface area contributed by atoms with Gasteiger partial charge >= 0.3 is 5.97 Å². The molecule has 0 unspecified atom stereocenters. The van der Waals surface area contributed by atoms with Crippen molar-refractivity contribution in [2.45, 2.75) is 18.1 Å². The molecule has 0 aromatic heterocycles. The third-order valence-electron chi connectivity index (χ3n) is 5.15. The molecule has 1 heterocycles. The zero-order chi connectivity index (χ0) is 21.1. The normalized spacial score (nSPS) is 18.2. The van der Waals surface area contributed by atoms with Gasteiger partial charge in [-0.3, -0.25) is 4.79 Å². The van der Waals surface area contributed by atoms with E-state index in [1.54, 1.807) is 60.7 Å². The monoisotopic (exact) mass is 417 g/mol. The van der Waals surface area contributed by atoms with E-state index in [-0.39, 0.29) is 11.5 Å². The highest BCUT2D eigenvalue weighted by atomic mass is 32.2. The molecule has 1 saturated heterocycles. The van der Waals surface area contributed by atoms with Crippen molar-refractivity contribution >= 4 is 21.7 Å². The van der Waals surface area contributed by atoms with Crippen molar-refractivity contribution < 1.29 is 27.9 Å². The maximum absolute atomic E-state index is 12.9. The van der Waals surface area contributed by atoms with Gasteiger partial charge in [-0.25, -0.2) is 13.2 Å². The number of rotatable bonds is 6. The highest BCUT2D eigenvalue weighted by Crippen LogP contribution is 2.31. The summed E-state index contributed by atoms with van der Waals surface area (Å²) in [5.74, 6) is -1.56. The number of aliphatic hydroxyl groups is 1. The number of carbonyl (C=O) groups is 2. The maximum atomic E-state index is 12.9. The van der Waals surface area contributed by atoms with Gasteiger partial charge in [-0.05, 0) is 17.5 Å². The second kappa shape index (κ2) is 8.34. The highest BCUT2D eigenvalue weighted by Gasteiger charge is 2.42.